The number of aromatic hydroxyl groups is 2. The van der Waals surface area contributed by atoms with Crippen LogP contribution in [0.15, 0.2) is 64.4 Å². The van der Waals surface area contributed by atoms with Gasteiger partial charge in [0.15, 0.2) is 10.8 Å². The van der Waals surface area contributed by atoms with E-state index >= 15 is 0 Å². The van der Waals surface area contributed by atoms with E-state index in [4.69, 9.17) is 12.2 Å². The standard InChI is InChI=1S/C20H17N3O5S/c24-14-8-6-12(7-9-14)10-16(19(27)28)21-11-15-17(25)22-20(29)23(18(15)26)13-4-2-1-3-5-13/h1-9,11,16,24,26H,10H2,(H,27,28)(H,22,25,29)/t16-/m1/s1. The minimum Gasteiger partial charge on any atom is -0.508 e. The van der Waals surface area contributed by atoms with Crippen LogP contribution in [0.3, 0.4) is 0 Å². The summed E-state index contributed by atoms with van der Waals surface area (Å²) in [6.45, 7) is 0. The number of rotatable bonds is 6. The number of aromatic nitrogens is 2. The van der Waals surface area contributed by atoms with E-state index in [1.165, 1.54) is 16.7 Å². The van der Waals surface area contributed by atoms with Crippen LogP contribution in [-0.2, 0) is 11.2 Å². The monoisotopic (exact) mass is 411 g/mol. The highest BCUT2D eigenvalue weighted by Crippen LogP contribution is 2.19. The van der Waals surface area contributed by atoms with E-state index in [1.54, 1.807) is 42.5 Å². The SMILES string of the molecule is O=C(O)[C@@H](Cc1ccc(O)cc1)N=Cc1c(O)n(-c2ccccc2)c(=S)[nH]c1=O. The number of aromatic amines is 1. The summed E-state index contributed by atoms with van der Waals surface area (Å²) in [7, 11) is 0. The highest BCUT2D eigenvalue weighted by atomic mass is 32.1. The van der Waals surface area contributed by atoms with E-state index in [1.807, 2.05) is 0 Å². The van der Waals surface area contributed by atoms with Gasteiger partial charge in [-0.1, -0.05) is 30.3 Å². The van der Waals surface area contributed by atoms with Crippen LogP contribution >= 0.6 is 12.2 Å². The first-order valence-corrected chi connectivity index (χ1v) is 8.95. The third-order valence-electron chi connectivity index (χ3n) is 4.17. The summed E-state index contributed by atoms with van der Waals surface area (Å²) in [6, 6.07) is 13.5. The highest BCUT2D eigenvalue weighted by Gasteiger charge is 2.18. The quantitative estimate of drug-likeness (QED) is 0.364. The number of aliphatic carboxylic acids is 1. The number of nitrogens with one attached hydrogen (secondary N) is 1. The van der Waals surface area contributed by atoms with Gasteiger partial charge in [0, 0.05) is 12.6 Å². The molecule has 3 aromatic rings. The molecule has 29 heavy (non-hydrogen) atoms. The molecule has 1 atom stereocenters. The molecule has 1 heterocycles. The van der Waals surface area contributed by atoms with Gasteiger partial charge in [0.25, 0.3) is 5.56 Å². The first-order valence-electron chi connectivity index (χ1n) is 8.54. The summed E-state index contributed by atoms with van der Waals surface area (Å²) in [5.41, 5.74) is 0.280. The summed E-state index contributed by atoms with van der Waals surface area (Å²) in [4.78, 5) is 30.3. The van der Waals surface area contributed by atoms with Crippen LogP contribution in [0.2, 0.25) is 0 Å². The fourth-order valence-corrected chi connectivity index (χ4v) is 2.98. The molecule has 9 heteroatoms. The molecule has 0 aliphatic carbocycles. The Labute approximate surface area is 170 Å². The van der Waals surface area contributed by atoms with Gasteiger partial charge in [-0.15, -0.1) is 0 Å². The first-order chi connectivity index (χ1) is 13.9. The fourth-order valence-electron chi connectivity index (χ4n) is 2.70. The molecule has 0 unspecified atom stereocenters. The number of phenolic OH excluding ortho intramolecular Hbond substituents is 1. The van der Waals surface area contributed by atoms with Gasteiger partial charge in [0.1, 0.15) is 11.3 Å². The zero-order valence-corrected chi connectivity index (χ0v) is 15.8. The Hall–Kier alpha value is -3.72. The van der Waals surface area contributed by atoms with Gasteiger partial charge >= 0.3 is 5.97 Å². The predicted molar refractivity (Wildman–Crippen MR) is 110 cm³/mol. The normalized spacial score (nSPS) is 12.1. The lowest BCUT2D eigenvalue weighted by molar-refractivity contribution is -0.138. The van der Waals surface area contributed by atoms with E-state index in [2.05, 4.69) is 9.98 Å². The molecule has 0 saturated carbocycles. The average Bonchev–Trinajstić information content (AvgIpc) is 2.68. The molecule has 0 saturated heterocycles. The van der Waals surface area contributed by atoms with Gasteiger partial charge < -0.3 is 15.3 Å². The van der Waals surface area contributed by atoms with E-state index in [0.29, 0.717) is 11.3 Å². The molecule has 0 aliphatic rings. The lowest BCUT2D eigenvalue weighted by Crippen LogP contribution is -2.23. The van der Waals surface area contributed by atoms with E-state index in [0.717, 1.165) is 6.21 Å². The molecule has 0 aliphatic heterocycles. The second-order valence-electron chi connectivity index (χ2n) is 6.17. The van der Waals surface area contributed by atoms with Crippen molar-refractivity contribution in [2.75, 3.05) is 0 Å². The smallest absolute Gasteiger partial charge is 0.328 e. The molecule has 3 rings (SSSR count). The number of hydrogen-bond acceptors (Lipinski definition) is 6. The lowest BCUT2D eigenvalue weighted by atomic mass is 10.1. The Bertz CT molecular complexity index is 1170. The number of para-hydroxylation sites is 1. The molecule has 1 aromatic heterocycles. The minimum atomic E-state index is -1.19. The maximum Gasteiger partial charge on any atom is 0.328 e. The Kier molecular flexibility index (Phi) is 5.89. The molecule has 0 radical (unpaired) electrons. The summed E-state index contributed by atoms with van der Waals surface area (Å²) in [5.74, 6) is -1.57. The number of hydrogen-bond donors (Lipinski definition) is 4. The third kappa shape index (κ3) is 4.58. The third-order valence-corrected chi connectivity index (χ3v) is 4.45. The predicted octanol–water partition coefficient (Wildman–Crippen LogP) is 2.42. The molecule has 0 bridgehead atoms. The Balaban J connectivity index is 1.98. The second-order valence-corrected chi connectivity index (χ2v) is 6.56. The summed E-state index contributed by atoms with van der Waals surface area (Å²) in [6.07, 6.45) is 1.07. The molecule has 0 amide bonds. The Morgan fingerprint density at radius 2 is 1.79 bits per heavy atom. The average molecular weight is 411 g/mol. The zero-order valence-electron chi connectivity index (χ0n) is 15.0. The van der Waals surface area contributed by atoms with E-state index in [9.17, 15) is 24.9 Å². The van der Waals surface area contributed by atoms with Gasteiger partial charge in [0.2, 0.25) is 5.88 Å². The zero-order chi connectivity index (χ0) is 21.0. The number of benzene rings is 2. The highest BCUT2D eigenvalue weighted by molar-refractivity contribution is 7.71. The number of H-pyrrole nitrogens is 1. The van der Waals surface area contributed by atoms with Crippen LogP contribution in [0.4, 0.5) is 0 Å². The summed E-state index contributed by atoms with van der Waals surface area (Å²) in [5, 5.41) is 29.4. The largest absolute Gasteiger partial charge is 0.508 e. The van der Waals surface area contributed by atoms with Crippen molar-refractivity contribution in [1.82, 2.24) is 9.55 Å². The summed E-state index contributed by atoms with van der Waals surface area (Å²) < 4.78 is 1.25. The Morgan fingerprint density at radius 1 is 1.14 bits per heavy atom. The first kappa shape index (κ1) is 20.0. The van der Waals surface area contributed by atoms with Gasteiger partial charge in [0.05, 0.1) is 5.69 Å². The minimum absolute atomic E-state index is 0.00488. The van der Waals surface area contributed by atoms with Gasteiger partial charge in [-0.05, 0) is 42.0 Å². The van der Waals surface area contributed by atoms with Crippen molar-refractivity contribution in [2.45, 2.75) is 12.5 Å². The topological polar surface area (TPSA) is 128 Å². The number of carboxylic acids is 1. The van der Waals surface area contributed by atoms with Crippen molar-refractivity contribution in [2.24, 2.45) is 4.99 Å². The van der Waals surface area contributed by atoms with Crippen molar-refractivity contribution in [3.8, 4) is 17.3 Å². The molecule has 148 valence electrons. The molecule has 0 spiro atoms. The van der Waals surface area contributed by atoms with Crippen LogP contribution < -0.4 is 5.56 Å². The van der Waals surface area contributed by atoms with Crippen LogP contribution in [0, 0.1) is 4.77 Å². The van der Waals surface area contributed by atoms with Crippen molar-refractivity contribution >= 4 is 24.4 Å². The molecule has 8 nitrogen and oxygen atoms in total. The van der Waals surface area contributed by atoms with E-state index < -0.39 is 23.5 Å². The van der Waals surface area contributed by atoms with Gasteiger partial charge in [-0.25, -0.2) is 4.79 Å². The number of carbonyl (C=O) groups is 1. The Morgan fingerprint density at radius 3 is 2.41 bits per heavy atom. The summed E-state index contributed by atoms with van der Waals surface area (Å²) >= 11 is 5.13. The maximum absolute atomic E-state index is 12.3. The lowest BCUT2D eigenvalue weighted by Gasteiger charge is -2.11. The molecular formula is C20H17N3O5S. The van der Waals surface area contributed by atoms with Crippen molar-refractivity contribution in [1.29, 1.82) is 0 Å². The maximum atomic E-state index is 12.3. The van der Waals surface area contributed by atoms with Crippen molar-refractivity contribution in [3.63, 3.8) is 0 Å². The second kappa shape index (κ2) is 8.53. The number of phenols is 1. The molecular weight excluding hydrogens is 394 g/mol. The van der Waals surface area contributed by atoms with Crippen LogP contribution in [0.25, 0.3) is 5.69 Å². The van der Waals surface area contributed by atoms with Crippen LogP contribution in [0.5, 0.6) is 11.6 Å². The van der Waals surface area contributed by atoms with Crippen LogP contribution in [0.1, 0.15) is 11.1 Å². The van der Waals surface area contributed by atoms with Gasteiger partial charge in [-0.2, -0.15) is 0 Å². The van der Waals surface area contributed by atoms with E-state index in [-0.39, 0.29) is 22.5 Å². The van der Waals surface area contributed by atoms with Crippen molar-refractivity contribution < 1.29 is 20.1 Å². The molecule has 2 aromatic carbocycles. The molecule has 0 fully saturated rings. The number of aliphatic imine (C=N–C) groups is 1. The number of carboxylic acid groups (broad SMARTS) is 1. The molecule has 4 N–H and O–H groups in total. The van der Waals surface area contributed by atoms with Crippen molar-refractivity contribution in [3.05, 3.63) is 80.8 Å². The van der Waals surface area contributed by atoms with Gasteiger partial charge in [-0.3, -0.25) is 19.3 Å². The number of nitrogens with zero attached hydrogens (tertiary/aromatic N) is 2. The van der Waals surface area contributed by atoms with Crippen LogP contribution in [-0.4, -0.2) is 43.1 Å². The fraction of sp³-hybridized carbons (Fsp3) is 0.100.